The van der Waals surface area contributed by atoms with Gasteiger partial charge in [-0.15, -0.1) is 0 Å². The topological polar surface area (TPSA) is 59.4 Å². The standard InChI is InChI=1S/C25H38N4O2/c1-6-29-23(18-19(2)27-29)21-12-15-28(16-13-21)17-14-22(20-10-8-7-9-11-20)26-24(30)31-25(3,4)5/h7-11,18,21-22H,6,12-17H2,1-5H3,(H,26,30). The molecule has 1 fully saturated rings. The minimum absolute atomic E-state index is 0.0575. The first-order valence-electron chi connectivity index (χ1n) is 11.6. The van der Waals surface area contributed by atoms with E-state index in [1.165, 1.54) is 5.69 Å². The van der Waals surface area contributed by atoms with Crippen molar-refractivity contribution in [1.82, 2.24) is 20.0 Å². The van der Waals surface area contributed by atoms with Crippen LogP contribution in [0.4, 0.5) is 4.79 Å². The van der Waals surface area contributed by atoms with Crippen LogP contribution in [0.25, 0.3) is 0 Å². The molecule has 0 radical (unpaired) electrons. The van der Waals surface area contributed by atoms with Crippen LogP contribution < -0.4 is 5.32 Å². The number of carbonyl (C=O) groups is 1. The summed E-state index contributed by atoms with van der Waals surface area (Å²) in [7, 11) is 0. The first-order valence-corrected chi connectivity index (χ1v) is 11.6. The summed E-state index contributed by atoms with van der Waals surface area (Å²) in [5, 5.41) is 7.70. The van der Waals surface area contributed by atoms with E-state index < -0.39 is 5.60 Å². The van der Waals surface area contributed by atoms with E-state index >= 15 is 0 Å². The van der Waals surface area contributed by atoms with Crippen molar-refractivity contribution in [2.24, 2.45) is 0 Å². The van der Waals surface area contributed by atoms with E-state index in [0.717, 1.165) is 56.7 Å². The number of hydrogen-bond donors (Lipinski definition) is 1. The summed E-state index contributed by atoms with van der Waals surface area (Å²) in [5.74, 6) is 0.585. The van der Waals surface area contributed by atoms with Crippen molar-refractivity contribution in [2.75, 3.05) is 19.6 Å². The van der Waals surface area contributed by atoms with Gasteiger partial charge < -0.3 is 15.0 Å². The zero-order valence-electron chi connectivity index (χ0n) is 19.7. The molecule has 170 valence electrons. The van der Waals surface area contributed by atoms with Crippen LogP contribution in [0.2, 0.25) is 0 Å². The third-order valence-corrected chi connectivity index (χ3v) is 5.87. The highest BCUT2D eigenvalue weighted by Gasteiger charge is 2.25. The van der Waals surface area contributed by atoms with Gasteiger partial charge in [0.05, 0.1) is 11.7 Å². The number of rotatable bonds is 7. The first kappa shape index (κ1) is 23.3. The molecule has 0 spiro atoms. The molecule has 1 amide bonds. The zero-order valence-corrected chi connectivity index (χ0v) is 19.7. The Labute approximate surface area is 187 Å². The largest absolute Gasteiger partial charge is 0.444 e. The molecule has 1 unspecified atom stereocenters. The third-order valence-electron chi connectivity index (χ3n) is 5.87. The maximum absolute atomic E-state index is 12.4. The lowest BCUT2D eigenvalue weighted by Gasteiger charge is -2.33. The molecule has 2 heterocycles. The molecule has 1 N–H and O–H groups in total. The highest BCUT2D eigenvalue weighted by atomic mass is 16.6. The Balaban J connectivity index is 1.56. The number of ether oxygens (including phenoxy) is 1. The number of likely N-dealkylation sites (tertiary alicyclic amines) is 1. The molecule has 0 aliphatic carbocycles. The highest BCUT2D eigenvalue weighted by molar-refractivity contribution is 5.68. The van der Waals surface area contributed by atoms with Crippen molar-refractivity contribution < 1.29 is 9.53 Å². The number of aryl methyl sites for hydroxylation is 2. The van der Waals surface area contributed by atoms with Crippen molar-refractivity contribution in [3.8, 4) is 0 Å². The Morgan fingerprint density at radius 3 is 2.52 bits per heavy atom. The van der Waals surface area contributed by atoms with E-state index in [2.05, 4.69) is 52.0 Å². The first-order chi connectivity index (χ1) is 14.7. The minimum Gasteiger partial charge on any atom is -0.444 e. The molecule has 6 nitrogen and oxygen atoms in total. The fourth-order valence-electron chi connectivity index (χ4n) is 4.37. The minimum atomic E-state index is -0.503. The van der Waals surface area contributed by atoms with E-state index in [1.807, 2.05) is 39.0 Å². The average molecular weight is 427 g/mol. The molecule has 6 heteroatoms. The van der Waals surface area contributed by atoms with E-state index in [4.69, 9.17) is 4.74 Å². The second-order valence-corrected chi connectivity index (χ2v) is 9.54. The number of amides is 1. The Kier molecular flexibility index (Phi) is 7.76. The second-order valence-electron chi connectivity index (χ2n) is 9.54. The normalized spacial score (nSPS) is 16.8. The van der Waals surface area contributed by atoms with Gasteiger partial charge in [0, 0.05) is 24.7 Å². The van der Waals surface area contributed by atoms with Gasteiger partial charge in [0.15, 0.2) is 0 Å². The van der Waals surface area contributed by atoms with Gasteiger partial charge in [0.1, 0.15) is 5.60 Å². The lowest BCUT2D eigenvalue weighted by Crippen LogP contribution is -2.38. The van der Waals surface area contributed by atoms with Crippen LogP contribution in [0.5, 0.6) is 0 Å². The van der Waals surface area contributed by atoms with Crippen LogP contribution in [0.15, 0.2) is 36.4 Å². The molecular formula is C25H38N4O2. The van der Waals surface area contributed by atoms with E-state index in [9.17, 15) is 4.79 Å². The summed E-state index contributed by atoms with van der Waals surface area (Å²) in [6.07, 6.45) is 2.81. The number of alkyl carbamates (subject to hydrolysis) is 1. The van der Waals surface area contributed by atoms with Gasteiger partial charge in [-0.25, -0.2) is 4.79 Å². The van der Waals surface area contributed by atoms with Gasteiger partial charge in [0.2, 0.25) is 0 Å². The predicted octanol–water partition coefficient (Wildman–Crippen LogP) is 5.05. The van der Waals surface area contributed by atoms with E-state index in [1.54, 1.807) is 0 Å². The maximum atomic E-state index is 12.4. The summed E-state index contributed by atoms with van der Waals surface area (Å²) < 4.78 is 7.66. The molecule has 2 aromatic rings. The third kappa shape index (κ3) is 6.82. The van der Waals surface area contributed by atoms with Gasteiger partial charge in [-0.3, -0.25) is 4.68 Å². The molecule has 1 aromatic heterocycles. The summed E-state index contributed by atoms with van der Waals surface area (Å²) in [6, 6.07) is 12.4. The predicted molar refractivity (Wildman–Crippen MR) is 124 cm³/mol. The van der Waals surface area contributed by atoms with Gasteiger partial charge in [0.25, 0.3) is 0 Å². The fourth-order valence-corrected chi connectivity index (χ4v) is 4.37. The van der Waals surface area contributed by atoms with Crippen LogP contribution >= 0.6 is 0 Å². The monoisotopic (exact) mass is 426 g/mol. The lowest BCUT2D eigenvalue weighted by atomic mass is 9.92. The number of hydrogen-bond acceptors (Lipinski definition) is 4. The number of piperidine rings is 1. The number of nitrogens with one attached hydrogen (secondary N) is 1. The van der Waals surface area contributed by atoms with Crippen LogP contribution in [0, 0.1) is 6.92 Å². The van der Waals surface area contributed by atoms with E-state index in [-0.39, 0.29) is 12.1 Å². The van der Waals surface area contributed by atoms with Gasteiger partial charge in [-0.2, -0.15) is 5.10 Å². The SMILES string of the molecule is CCn1nc(C)cc1C1CCN(CCC(NC(=O)OC(C)(C)C)c2ccccc2)CC1. The summed E-state index contributed by atoms with van der Waals surface area (Å²) in [5.41, 5.74) is 3.11. The maximum Gasteiger partial charge on any atom is 0.408 e. The van der Waals surface area contributed by atoms with Crippen LogP contribution in [0.3, 0.4) is 0 Å². The van der Waals surface area contributed by atoms with Crippen LogP contribution in [-0.4, -0.2) is 46.0 Å². The van der Waals surface area contributed by atoms with E-state index in [0.29, 0.717) is 5.92 Å². The molecule has 1 atom stereocenters. The summed E-state index contributed by atoms with van der Waals surface area (Å²) in [4.78, 5) is 14.9. The zero-order chi connectivity index (χ0) is 22.4. The summed E-state index contributed by atoms with van der Waals surface area (Å²) >= 11 is 0. The molecule has 3 rings (SSSR count). The van der Waals surface area contributed by atoms with Gasteiger partial charge in [-0.05, 0) is 78.6 Å². The van der Waals surface area contributed by atoms with Gasteiger partial charge in [-0.1, -0.05) is 30.3 Å². The molecule has 1 aliphatic heterocycles. The van der Waals surface area contributed by atoms with Gasteiger partial charge >= 0.3 is 6.09 Å². The molecule has 1 aliphatic rings. The molecule has 0 saturated carbocycles. The lowest BCUT2D eigenvalue weighted by molar-refractivity contribution is 0.0496. The van der Waals surface area contributed by atoms with Crippen LogP contribution in [0.1, 0.15) is 75.9 Å². The Bertz CT molecular complexity index is 833. The molecule has 0 bridgehead atoms. The van der Waals surface area contributed by atoms with Crippen LogP contribution in [-0.2, 0) is 11.3 Å². The second kappa shape index (κ2) is 10.3. The van der Waals surface area contributed by atoms with Crippen molar-refractivity contribution in [3.63, 3.8) is 0 Å². The quantitative estimate of drug-likeness (QED) is 0.673. The fraction of sp³-hybridized carbons (Fsp3) is 0.600. The molecule has 1 aromatic carbocycles. The average Bonchev–Trinajstić information content (AvgIpc) is 3.11. The highest BCUT2D eigenvalue weighted by Crippen LogP contribution is 2.29. The number of benzene rings is 1. The number of nitrogens with zero attached hydrogens (tertiary/aromatic N) is 3. The Morgan fingerprint density at radius 1 is 1.23 bits per heavy atom. The number of carbonyl (C=O) groups excluding carboxylic acids is 1. The summed E-state index contributed by atoms with van der Waals surface area (Å²) in [6.45, 7) is 13.9. The molecule has 31 heavy (non-hydrogen) atoms. The Hall–Kier alpha value is -2.34. The van der Waals surface area contributed by atoms with Crippen molar-refractivity contribution in [1.29, 1.82) is 0 Å². The van der Waals surface area contributed by atoms with Crippen molar-refractivity contribution in [3.05, 3.63) is 53.3 Å². The van der Waals surface area contributed by atoms with Crippen molar-refractivity contribution >= 4 is 6.09 Å². The number of aromatic nitrogens is 2. The Morgan fingerprint density at radius 2 is 1.90 bits per heavy atom. The molecular weight excluding hydrogens is 388 g/mol. The smallest absolute Gasteiger partial charge is 0.408 e. The van der Waals surface area contributed by atoms with Crippen molar-refractivity contribution in [2.45, 2.75) is 78.0 Å². The molecule has 1 saturated heterocycles.